The first-order valence-corrected chi connectivity index (χ1v) is 10.2. The van der Waals surface area contributed by atoms with Crippen LogP contribution in [0.25, 0.3) is 0 Å². The molecule has 130 valence electrons. The van der Waals surface area contributed by atoms with Gasteiger partial charge in [-0.15, -0.1) is 0 Å². The van der Waals surface area contributed by atoms with Gasteiger partial charge in [0.1, 0.15) is 11.8 Å². The second-order valence-electron chi connectivity index (χ2n) is 6.23. The van der Waals surface area contributed by atoms with Crippen molar-refractivity contribution >= 4 is 32.9 Å². The highest BCUT2D eigenvalue weighted by Gasteiger charge is 2.45. The maximum atomic E-state index is 5.40. The Morgan fingerprint density at radius 3 is 2.88 bits per heavy atom. The number of fused-ring (bicyclic) bond motifs is 1. The van der Waals surface area contributed by atoms with E-state index < -0.39 is 0 Å². The monoisotopic (exact) mass is 417 g/mol. The Labute approximate surface area is 160 Å². The van der Waals surface area contributed by atoms with Crippen molar-refractivity contribution in [3.8, 4) is 5.75 Å². The fourth-order valence-electron chi connectivity index (χ4n) is 3.58. The zero-order chi connectivity index (χ0) is 17.4. The predicted molar refractivity (Wildman–Crippen MR) is 106 cm³/mol. The van der Waals surface area contributed by atoms with E-state index in [4.69, 9.17) is 9.73 Å². The van der Waals surface area contributed by atoms with Crippen LogP contribution >= 0.6 is 27.7 Å². The van der Waals surface area contributed by atoms with E-state index >= 15 is 0 Å². The normalized spacial score (nSPS) is 25.0. The molecule has 2 aliphatic rings. The summed E-state index contributed by atoms with van der Waals surface area (Å²) >= 11 is 5.50. The Morgan fingerprint density at radius 1 is 1.32 bits per heavy atom. The standard InChI is InChI=1S/C19H20BrN3OS/c1-3-13-11-25-19-22-17(15-6-4-5-9-21-15)18(23(13)19)12-7-8-16(24-2)14(20)10-12/h4-10,13,17-18H,3,11H2,1-2H3/t13-,17+,18+/m1/s1. The van der Waals surface area contributed by atoms with Crippen molar-refractivity contribution in [2.45, 2.75) is 31.5 Å². The highest BCUT2D eigenvalue weighted by atomic mass is 79.9. The maximum absolute atomic E-state index is 5.40. The van der Waals surface area contributed by atoms with Gasteiger partial charge >= 0.3 is 0 Å². The number of nitrogens with zero attached hydrogens (tertiary/aromatic N) is 3. The molecule has 25 heavy (non-hydrogen) atoms. The van der Waals surface area contributed by atoms with Gasteiger partial charge in [-0.25, -0.2) is 0 Å². The molecular formula is C19H20BrN3OS. The molecule has 3 heterocycles. The zero-order valence-electron chi connectivity index (χ0n) is 14.2. The number of methoxy groups -OCH3 is 1. The Kier molecular flexibility index (Phi) is 4.73. The molecule has 0 N–H and O–H groups in total. The Morgan fingerprint density at radius 2 is 2.20 bits per heavy atom. The van der Waals surface area contributed by atoms with E-state index in [1.54, 1.807) is 7.11 Å². The molecule has 0 aliphatic carbocycles. The summed E-state index contributed by atoms with van der Waals surface area (Å²) in [4.78, 5) is 12.1. The molecule has 2 aromatic rings. The topological polar surface area (TPSA) is 37.7 Å². The van der Waals surface area contributed by atoms with Crippen LogP contribution < -0.4 is 4.74 Å². The van der Waals surface area contributed by atoms with Crippen LogP contribution in [-0.4, -0.2) is 34.0 Å². The molecule has 0 amide bonds. The average molecular weight is 418 g/mol. The number of hydrogen-bond acceptors (Lipinski definition) is 5. The summed E-state index contributed by atoms with van der Waals surface area (Å²) in [6.07, 6.45) is 2.97. The summed E-state index contributed by atoms with van der Waals surface area (Å²) in [6, 6.07) is 13.1. The number of aliphatic imine (C=N–C) groups is 1. The number of pyridine rings is 1. The molecule has 2 aliphatic heterocycles. The lowest BCUT2D eigenvalue weighted by molar-refractivity contribution is 0.255. The first kappa shape index (κ1) is 16.9. The van der Waals surface area contributed by atoms with Gasteiger partial charge in [-0.1, -0.05) is 30.8 Å². The minimum atomic E-state index is 0.0262. The van der Waals surface area contributed by atoms with Crippen LogP contribution in [0, 0.1) is 0 Å². The third kappa shape index (κ3) is 2.95. The molecule has 0 bridgehead atoms. The number of thioether (sulfide) groups is 1. The van der Waals surface area contributed by atoms with Gasteiger partial charge in [0, 0.05) is 18.0 Å². The third-order valence-corrected chi connectivity index (χ3v) is 6.59. The van der Waals surface area contributed by atoms with Gasteiger partial charge in [0.05, 0.1) is 23.3 Å². The molecule has 0 saturated carbocycles. The van der Waals surface area contributed by atoms with Crippen molar-refractivity contribution in [3.05, 3.63) is 58.3 Å². The molecule has 3 atom stereocenters. The van der Waals surface area contributed by atoms with Gasteiger partial charge in [-0.2, -0.15) is 0 Å². The van der Waals surface area contributed by atoms with Crippen LogP contribution in [0.4, 0.5) is 0 Å². The average Bonchev–Trinajstić information content (AvgIpc) is 3.21. The largest absolute Gasteiger partial charge is 0.496 e. The fourth-order valence-corrected chi connectivity index (χ4v) is 5.47. The quantitative estimate of drug-likeness (QED) is 0.713. The van der Waals surface area contributed by atoms with Crippen molar-refractivity contribution in [2.75, 3.05) is 12.9 Å². The van der Waals surface area contributed by atoms with E-state index in [9.17, 15) is 0 Å². The van der Waals surface area contributed by atoms with Crippen molar-refractivity contribution in [1.82, 2.24) is 9.88 Å². The van der Waals surface area contributed by atoms with Crippen LogP contribution in [-0.2, 0) is 0 Å². The predicted octanol–water partition coefficient (Wildman–Crippen LogP) is 4.83. The van der Waals surface area contributed by atoms with Crippen LogP contribution in [0.1, 0.15) is 36.7 Å². The smallest absolute Gasteiger partial charge is 0.160 e. The summed E-state index contributed by atoms with van der Waals surface area (Å²) in [5, 5.41) is 1.15. The van der Waals surface area contributed by atoms with Crippen molar-refractivity contribution in [2.24, 2.45) is 4.99 Å². The summed E-state index contributed by atoms with van der Waals surface area (Å²) in [5.41, 5.74) is 2.26. The molecule has 1 aromatic heterocycles. The van der Waals surface area contributed by atoms with E-state index in [2.05, 4.69) is 50.9 Å². The number of hydrogen-bond donors (Lipinski definition) is 0. The maximum Gasteiger partial charge on any atom is 0.160 e. The Balaban J connectivity index is 1.79. The van der Waals surface area contributed by atoms with Crippen molar-refractivity contribution < 1.29 is 4.74 Å². The van der Waals surface area contributed by atoms with Gasteiger partial charge in [-0.05, 0) is 52.2 Å². The summed E-state index contributed by atoms with van der Waals surface area (Å²) < 4.78 is 6.37. The summed E-state index contributed by atoms with van der Waals surface area (Å²) in [6.45, 7) is 2.25. The van der Waals surface area contributed by atoms with Crippen LogP contribution in [0.5, 0.6) is 5.75 Å². The number of rotatable bonds is 4. The van der Waals surface area contributed by atoms with Gasteiger partial charge in [0.25, 0.3) is 0 Å². The molecule has 1 aromatic carbocycles. The van der Waals surface area contributed by atoms with Crippen LogP contribution in [0.15, 0.2) is 52.1 Å². The van der Waals surface area contributed by atoms with Gasteiger partial charge in [-0.3, -0.25) is 9.98 Å². The molecular weight excluding hydrogens is 398 g/mol. The second-order valence-corrected chi connectivity index (χ2v) is 8.07. The summed E-state index contributed by atoms with van der Waals surface area (Å²) in [7, 11) is 1.69. The SMILES string of the molecule is CC[C@@H]1CSC2=N[C@@H](c3ccccn3)[C@H](c3ccc(OC)c(Br)c3)N21. The molecule has 6 heteroatoms. The fraction of sp³-hybridized carbons (Fsp3) is 0.368. The highest BCUT2D eigenvalue weighted by molar-refractivity contribution is 9.10. The lowest BCUT2D eigenvalue weighted by Crippen LogP contribution is -2.35. The molecule has 4 rings (SSSR count). The van der Waals surface area contributed by atoms with E-state index in [0.29, 0.717) is 6.04 Å². The summed E-state index contributed by atoms with van der Waals surface area (Å²) in [5.74, 6) is 1.96. The molecule has 0 unspecified atom stereocenters. The van der Waals surface area contributed by atoms with Crippen molar-refractivity contribution in [3.63, 3.8) is 0 Å². The Hall–Kier alpha value is -1.53. The lowest BCUT2D eigenvalue weighted by atomic mass is 9.95. The van der Waals surface area contributed by atoms with Gasteiger partial charge < -0.3 is 9.64 Å². The van der Waals surface area contributed by atoms with Gasteiger partial charge in [0.2, 0.25) is 0 Å². The molecule has 0 radical (unpaired) electrons. The Bertz CT molecular complexity index is 799. The van der Waals surface area contributed by atoms with Crippen molar-refractivity contribution in [1.29, 1.82) is 0 Å². The lowest BCUT2D eigenvalue weighted by Gasteiger charge is -2.32. The third-order valence-electron chi connectivity index (χ3n) is 4.85. The van der Waals surface area contributed by atoms with E-state index in [0.717, 1.165) is 33.3 Å². The number of amidine groups is 1. The minimum absolute atomic E-state index is 0.0262. The number of aromatic nitrogens is 1. The van der Waals surface area contributed by atoms with Crippen LogP contribution in [0.2, 0.25) is 0 Å². The first-order valence-electron chi connectivity index (χ1n) is 8.46. The zero-order valence-corrected chi connectivity index (χ0v) is 16.6. The van der Waals surface area contributed by atoms with E-state index in [-0.39, 0.29) is 12.1 Å². The minimum Gasteiger partial charge on any atom is -0.496 e. The molecule has 0 spiro atoms. The van der Waals surface area contributed by atoms with Gasteiger partial charge in [0.15, 0.2) is 5.17 Å². The molecule has 1 fully saturated rings. The number of ether oxygens (including phenoxy) is 1. The molecule has 4 nitrogen and oxygen atoms in total. The number of benzene rings is 1. The second kappa shape index (κ2) is 7.00. The highest BCUT2D eigenvalue weighted by Crippen LogP contribution is 2.49. The van der Waals surface area contributed by atoms with E-state index in [1.807, 2.05) is 36.2 Å². The van der Waals surface area contributed by atoms with Crippen LogP contribution in [0.3, 0.4) is 0 Å². The molecule has 1 saturated heterocycles. The number of halogens is 1. The van der Waals surface area contributed by atoms with E-state index in [1.165, 1.54) is 5.56 Å². The first-order chi connectivity index (χ1) is 12.2.